The zero-order valence-electron chi connectivity index (χ0n) is 11.2. The first-order valence-corrected chi connectivity index (χ1v) is 6.53. The maximum absolute atomic E-state index is 4.26. The van der Waals surface area contributed by atoms with Gasteiger partial charge in [0.2, 0.25) is 0 Å². The van der Waals surface area contributed by atoms with Gasteiger partial charge in [0.25, 0.3) is 0 Å². The molecule has 0 atom stereocenters. The van der Waals surface area contributed by atoms with Gasteiger partial charge in [-0.15, -0.1) is 0 Å². The third kappa shape index (κ3) is 3.30. The smallest absolute Gasteiger partial charge is 0.0537 e. The minimum Gasteiger partial charge on any atom is -0.312 e. The number of piperidine rings is 1. The van der Waals surface area contributed by atoms with Crippen molar-refractivity contribution in [2.75, 3.05) is 26.7 Å². The SMILES string of the molecule is Cc1c(CNCC2CCN(C)CC2)cnn1C. The molecule has 1 aliphatic rings. The molecular formula is C13H24N4. The number of hydrogen-bond donors (Lipinski definition) is 1. The van der Waals surface area contributed by atoms with Crippen LogP contribution >= 0.6 is 0 Å². The fraction of sp³-hybridized carbons (Fsp3) is 0.769. The first-order valence-electron chi connectivity index (χ1n) is 6.53. The summed E-state index contributed by atoms with van der Waals surface area (Å²) in [5, 5.41) is 7.83. The van der Waals surface area contributed by atoms with Crippen molar-refractivity contribution in [2.24, 2.45) is 13.0 Å². The summed E-state index contributed by atoms with van der Waals surface area (Å²) in [5.74, 6) is 0.850. The average Bonchev–Trinajstić information content (AvgIpc) is 2.64. The number of rotatable bonds is 4. The van der Waals surface area contributed by atoms with Crippen molar-refractivity contribution in [2.45, 2.75) is 26.3 Å². The van der Waals surface area contributed by atoms with Crippen molar-refractivity contribution < 1.29 is 0 Å². The van der Waals surface area contributed by atoms with Crippen molar-refractivity contribution in [1.82, 2.24) is 20.0 Å². The predicted molar refractivity (Wildman–Crippen MR) is 69.9 cm³/mol. The zero-order chi connectivity index (χ0) is 12.3. The molecule has 0 radical (unpaired) electrons. The summed E-state index contributed by atoms with van der Waals surface area (Å²) in [6, 6.07) is 0. The second-order valence-electron chi connectivity index (χ2n) is 5.26. The summed E-state index contributed by atoms with van der Waals surface area (Å²) >= 11 is 0. The van der Waals surface area contributed by atoms with Crippen LogP contribution in [0.5, 0.6) is 0 Å². The van der Waals surface area contributed by atoms with Gasteiger partial charge in [0.15, 0.2) is 0 Å². The maximum atomic E-state index is 4.26. The molecule has 0 aliphatic carbocycles. The van der Waals surface area contributed by atoms with E-state index in [1.807, 2.05) is 17.9 Å². The Morgan fingerprint density at radius 2 is 2.06 bits per heavy atom. The van der Waals surface area contributed by atoms with Gasteiger partial charge in [-0.25, -0.2) is 0 Å². The van der Waals surface area contributed by atoms with Gasteiger partial charge in [0.1, 0.15) is 0 Å². The number of aromatic nitrogens is 2. The number of aryl methyl sites for hydroxylation is 1. The van der Waals surface area contributed by atoms with Crippen LogP contribution in [0.25, 0.3) is 0 Å². The lowest BCUT2D eigenvalue weighted by atomic mass is 9.97. The lowest BCUT2D eigenvalue weighted by Gasteiger charge is -2.29. The third-order valence-electron chi connectivity index (χ3n) is 3.92. The highest BCUT2D eigenvalue weighted by Crippen LogP contribution is 2.15. The van der Waals surface area contributed by atoms with Crippen LogP contribution in [0.1, 0.15) is 24.1 Å². The molecule has 1 aliphatic heterocycles. The number of likely N-dealkylation sites (tertiary alicyclic amines) is 1. The van der Waals surface area contributed by atoms with Gasteiger partial charge >= 0.3 is 0 Å². The first-order chi connectivity index (χ1) is 8.16. The molecule has 0 unspecified atom stereocenters. The Hall–Kier alpha value is -0.870. The van der Waals surface area contributed by atoms with Crippen molar-refractivity contribution >= 4 is 0 Å². The van der Waals surface area contributed by atoms with Gasteiger partial charge in [0.05, 0.1) is 6.20 Å². The molecular weight excluding hydrogens is 212 g/mol. The molecule has 4 heteroatoms. The standard InChI is InChI=1S/C13H24N4/c1-11-13(10-15-17(11)3)9-14-8-12-4-6-16(2)7-5-12/h10,12,14H,4-9H2,1-3H3. The van der Waals surface area contributed by atoms with E-state index in [4.69, 9.17) is 0 Å². The minimum absolute atomic E-state index is 0.850. The molecule has 1 aromatic heterocycles. The van der Waals surface area contributed by atoms with Crippen LogP contribution in [0.2, 0.25) is 0 Å². The summed E-state index contributed by atoms with van der Waals surface area (Å²) in [6.45, 7) is 6.71. The fourth-order valence-electron chi connectivity index (χ4n) is 2.39. The van der Waals surface area contributed by atoms with E-state index in [-0.39, 0.29) is 0 Å². The lowest BCUT2D eigenvalue weighted by Crippen LogP contribution is -2.34. The fourth-order valence-corrected chi connectivity index (χ4v) is 2.39. The van der Waals surface area contributed by atoms with Gasteiger partial charge in [-0.3, -0.25) is 4.68 Å². The normalized spacial score (nSPS) is 18.8. The molecule has 0 saturated carbocycles. The molecule has 4 nitrogen and oxygen atoms in total. The van der Waals surface area contributed by atoms with E-state index >= 15 is 0 Å². The summed E-state index contributed by atoms with van der Waals surface area (Å²) in [4.78, 5) is 2.42. The van der Waals surface area contributed by atoms with E-state index in [1.165, 1.54) is 37.2 Å². The Labute approximate surface area is 104 Å². The van der Waals surface area contributed by atoms with Crippen LogP contribution in [-0.2, 0) is 13.6 Å². The van der Waals surface area contributed by atoms with Crippen LogP contribution < -0.4 is 5.32 Å². The van der Waals surface area contributed by atoms with Gasteiger partial charge in [-0.05, 0) is 52.4 Å². The molecule has 2 rings (SSSR count). The summed E-state index contributed by atoms with van der Waals surface area (Å²) in [5.41, 5.74) is 2.58. The van der Waals surface area contributed by atoms with E-state index < -0.39 is 0 Å². The van der Waals surface area contributed by atoms with Gasteiger partial charge in [-0.2, -0.15) is 5.10 Å². The highest BCUT2D eigenvalue weighted by molar-refractivity contribution is 5.15. The molecule has 1 N–H and O–H groups in total. The van der Waals surface area contributed by atoms with Crippen molar-refractivity contribution in [1.29, 1.82) is 0 Å². The van der Waals surface area contributed by atoms with Crippen LogP contribution in [-0.4, -0.2) is 41.4 Å². The lowest BCUT2D eigenvalue weighted by molar-refractivity contribution is 0.216. The topological polar surface area (TPSA) is 33.1 Å². The number of nitrogens with zero attached hydrogens (tertiary/aromatic N) is 3. The molecule has 0 aromatic carbocycles. The molecule has 2 heterocycles. The highest BCUT2D eigenvalue weighted by atomic mass is 15.3. The molecule has 0 spiro atoms. The van der Waals surface area contributed by atoms with Gasteiger partial charge in [0, 0.05) is 24.8 Å². The van der Waals surface area contributed by atoms with Gasteiger partial charge < -0.3 is 10.2 Å². The maximum Gasteiger partial charge on any atom is 0.0537 e. The minimum atomic E-state index is 0.850. The van der Waals surface area contributed by atoms with Crippen LogP contribution in [0.3, 0.4) is 0 Å². The molecule has 1 fully saturated rings. The molecule has 0 amide bonds. The summed E-state index contributed by atoms with van der Waals surface area (Å²) in [7, 11) is 4.21. The predicted octanol–water partition coefficient (Wildman–Crippen LogP) is 1.16. The van der Waals surface area contributed by atoms with Gasteiger partial charge in [-0.1, -0.05) is 0 Å². The monoisotopic (exact) mass is 236 g/mol. The molecule has 1 aromatic rings. The second-order valence-corrected chi connectivity index (χ2v) is 5.26. The second kappa shape index (κ2) is 5.65. The largest absolute Gasteiger partial charge is 0.312 e. The van der Waals surface area contributed by atoms with E-state index in [0.717, 1.165) is 19.0 Å². The highest BCUT2D eigenvalue weighted by Gasteiger charge is 2.16. The van der Waals surface area contributed by atoms with Crippen LogP contribution in [0, 0.1) is 12.8 Å². The van der Waals surface area contributed by atoms with Crippen molar-refractivity contribution in [3.8, 4) is 0 Å². The van der Waals surface area contributed by atoms with Crippen molar-refractivity contribution in [3.63, 3.8) is 0 Å². The Balaban J connectivity index is 1.71. The van der Waals surface area contributed by atoms with Crippen LogP contribution in [0.15, 0.2) is 6.20 Å². The average molecular weight is 236 g/mol. The molecule has 0 bridgehead atoms. The van der Waals surface area contributed by atoms with Crippen LogP contribution in [0.4, 0.5) is 0 Å². The third-order valence-corrected chi connectivity index (χ3v) is 3.92. The number of hydrogen-bond acceptors (Lipinski definition) is 3. The van der Waals surface area contributed by atoms with E-state index in [1.54, 1.807) is 0 Å². The summed E-state index contributed by atoms with van der Waals surface area (Å²) in [6.07, 6.45) is 4.63. The zero-order valence-corrected chi connectivity index (χ0v) is 11.2. The molecule has 1 saturated heterocycles. The molecule has 96 valence electrons. The first kappa shape index (κ1) is 12.6. The Morgan fingerprint density at radius 1 is 1.35 bits per heavy atom. The van der Waals surface area contributed by atoms with E-state index in [2.05, 4.69) is 29.3 Å². The Bertz CT molecular complexity index is 350. The van der Waals surface area contributed by atoms with E-state index in [9.17, 15) is 0 Å². The summed E-state index contributed by atoms with van der Waals surface area (Å²) < 4.78 is 1.94. The quantitative estimate of drug-likeness (QED) is 0.851. The van der Waals surface area contributed by atoms with Crippen molar-refractivity contribution in [3.05, 3.63) is 17.5 Å². The molecule has 17 heavy (non-hydrogen) atoms. The van der Waals surface area contributed by atoms with E-state index in [0.29, 0.717) is 0 Å². The Morgan fingerprint density at radius 3 is 2.65 bits per heavy atom. The number of nitrogens with one attached hydrogen (secondary N) is 1. The Kier molecular flexibility index (Phi) is 4.18.